The smallest absolute Gasteiger partial charge is 0.164 e. The summed E-state index contributed by atoms with van der Waals surface area (Å²) in [6, 6.07) is 3.73. The molecule has 4 rings (SSSR count). The molecule has 3 heterocycles. The first-order valence-electron chi connectivity index (χ1n) is 10.00. The lowest BCUT2D eigenvalue weighted by molar-refractivity contribution is 0.114. The predicted octanol–water partition coefficient (Wildman–Crippen LogP) is 2.25. The van der Waals surface area contributed by atoms with Crippen LogP contribution in [0.25, 0.3) is 11.0 Å². The van der Waals surface area contributed by atoms with Crippen LogP contribution in [0, 0.1) is 18.3 Å². The van der Waals surface area contributed by atoms with E-state index in [0.717, 1.165) is 29.9 Å². The first-order chi connectivity index (χ1) is 14.9. The number of benzene rings is 1. The second-order valence-electron chi connectivity index (χ2n) is 7.72. The molecule has 2 aromatic heterocycles. The van der Waals surface area contributed by atoms with Gasteiger partial charge in [0.2, 0.25) is 0 Å². The van der Waals surface area contributed by atoms with E-state index in [9.17, 15) is 10.4 Å². The molecular formula is C21H24ClN7O2. The molecule has 0 aliphatic carbocycles. The van der Waals surface area contributed by atoms with Gasteiger partial charge in [-0.15, -0.1) is 0 Å². The molecule has 1 atom stereocenters. The van der Waals surface area contributed by atoms with Crippen molar-refractivity contribution in [3.63, 3.8) is 0 Å². The number of rotatable bonds is 6. The van der Waals surface area contributed by atoms with E-state index in [0.29, 0.717) is 39.7 Å². The minimum Gasteiger partial charge on any atom is -0.496 e. The number of nitrogens with zero attached hydrogens (tertiary/aromatic N) is 6. The van der Waals surface area contributed by atoms with E-state index >= 15 is 0 Å². The fourth-order valence-corrected chi connectivity index (χ4v) is 4.62. The van der Waals surface area contributed by atoms with Gasteiger partial charge in [0.15, 0.2) is 5.65 Å². The van der Waals surface area contributed by atoms with Gasteiger partial charge in [-0.05, 0) is 19.9 Å². The molecule has 0 saturated carbocycles. The Morgan fingerprint density at radius 1 is 1.42 bits per heavy atom. The molecule has 31 heavy (non-hydrogen) atoms. The van der Waals surface area contributed by atoms with Crippen LogP contribution in [0.15, 0.2) is 12.4 Å². The normalized spacial score (nSPS) is 15.6. The van der Waals surface area contributed by atoms with Gasteiger partial charge in [0.05, 0.1) is 41.4 Å². The number of aromatic nitrogens is 4. The lowest BCUT2D eigenvalue weighted by Crippen LogP contribution is -2.46. The minimum absolute atomic E-state index is 0.0925. The third kappa shape index (κ3) is 3.47. The summed E-state index contributed by atoms with van der Waals surface area (Å²) in [5.74, 6) is 1.10. The van der Waals surface area contributed by atoms with E-state index in [-0.39, 0.29) is 18.6 Å². The number of β-amino-alcohol motifs (C(OH)–C–C–N with tert-alkyl or cyclic N) is 1. The number of fused-ring (bicyclic) bond motifs is 1. The van der Waals surface area contributed by atoms with Gasteiger partial charge in [-0.3, -0.25) is 4.90 Å². The molecule has 1 fully saturated rings. The summed E-state index contributed by atoms with van der Waals surface area (Å²) < 4.78 is 7.62. The van der Waals surface area contributed by atoms with Crippen molar-refractivity contribution in [1.29, 1.82) is 5.26 Å². The van der Waals surface area contributed by atoms with E-state index in [4.69, 9.17) is 22.1 Å². The van der Waals surface area contributed by atoms with Crippen molar-refractivity contribution in [3.05, 3.63) is 39.8 Å². The van der Waals surface area contributed by atoms with Crippen molar-refractivity contribution in [3.8, 4) is 11.8 Å². The zero-order chi connectivity index (χ0) is 22.3. The Labute approximate surface area is 185 Å². The quantitative estimate of drug-likeness (QED) is 0.596. The first-order valence-corrected chi connectivity index (χ1v) is 10.4. The van der Waals surface area contributed by atoms with Crippen LogP contribution in [-0.2, 0) is 0 Å². The van der Waals surface area contributed by atoms with Gasteiger partial charge in [-0.1, -0.05) is 11.6 Å². The van der Waals surface area contributed by atoms with Gasteiger partial charge in [0.25, 0.3) is 0 Å². The van der Waals surface area contributed by atoms with Crippen LogP contribution in [0.1, 0.15) is 41.3 Å². The highest BCUT2D eigenvalue weighted by molar-refractivity contribution is 6.32. The van der Waals surface area contributed by atoms with Gasteiger partial charge in [0.1, 0.15) is 24.0 Å². The second-order valence-corrected chi connectivity index (χ2v) is 8.13. The van der Waals surface area contributed by atoms with Gasteiger partial charge in [-0.25, -0.2) is 14.6 Å². The van der Waals surface area contributed by atoms with Gasteiger partial charge in [-0.2, -0.15) is 10.4 Å². The molecule has 0 bridgehead atoms. The molecule has 1 aliphatic rings. The van der Waals surface area contributed by atoms with Crippen molar-refractivity contribution in [2.24, 2.45) is 0 Å². The maximum Gasteiger partial charge on any atom is 0.164 e. The third-order valence-corrected chi connectivity index (χ3v) is 6.20. The molecule has 3 aromatic rings. The van der Waals surface area contributed by atoms with Crippen LogP contribution in [0.4, 0.5) is 5.82 Å². The highest BCUT2D eigenvalue weighted by atomic mass is 35.5. The van der Waals surface area contributed by atoms with Gasteiger partial charge >= 0.3 is 0 Å². The summed E-state index contributed by atoms with van der Waals surface area (Å²) in [5, 5.41) is 24.7. The van der Waals surface area contributed by atoms with E-state index < -0.39 is 0 Å². The molecule has 1 aliphatic heterocycles. The number of likely N-dealkylation sites (tertiary alicyclic amines) is 1. The fourth-order valence-electron chi connectivity index (χ4n) is 4.36. The Bertz CT molecular complexity index is 1180. The largest absolute Gasteiger partial charge is 0.496 e. The molecule has 1 aromatic carbocycles. The Hall–Kier alpha value is -2.93. The van der Waals surface area contributed by atoms with E-state index in [1.165, 1.54) is 6.33 Å². The summed E-state index contributed by atoms with van der Waals surface area (Å²) in [4.78, 5) is 10.6. The fraction of sp³-hybridized carbons (Fsp3) is 0.429. The van der Waals surface area contributed by atoms with Crippen molar-refractivity contribution in [1.82, 2.24) is 24.6 Å². The average molecular weight is 442 g/mol. The Balaban J connectivity index is 1.84. The molecule has 10 heteroatoms. The highest BCUT2D eigenvalue weighted by Crippen LogP contribution is 2.44. The number of hydrogen-bond acceptors (Lipinski definition) is 8. The number of anilines is 1. The standard InChI is InChI=1S/C21H24ClN7O2/c1-11-17-20(24)25-10-26-21(17)29(27-11)12(2)14-6-16(22)15(7-23)18(19(14)31-3)13-8-28(9-13)4-5-30/h6,10,12-13,30H,4-5,8-9H2,1-3H3,(H2,24,25,26)/t12-/m0/s1. The van der Waals surface area contributed by atoms with Crippen molar-refractivity contribution in [2.75, 3.05) is 39.1 Å². The Morgan fingerprint density at radius 2 is 2.16 bits per heavy atom. The van der Waals surface area contributed by atoms with Crippen molar-refractivity contribution in [2.45, 2.75) is 25.8 Å². The number of halogens is 1. The van der Waals surface area contributed by atoms with Gasteiger partial charge < -0.3 is 15.6 Å². The topological polar surface area (TPSA) is 126 Å². The van der Waals surface area contributed by atoms with Crippen LogP contribution in [0.3, 0.4) is 0 Å². The molecule has 1 saturated heterocycles. The number of hydrogen-bond donors (Lipinski definition) is 2. The number of aryl methyl sites for hydroxylation is 1. The summed E-state index contributed by atoms with van der Waals surface area (Å²) in [7, 11) is 1.60. The summed E-state index contributed by atoms with van der Waals surface area (Å²) in [6.07, 6.45) is 1.42. The highest BCUT2D eigenvalue weighted by Gasteiger charge is 2.35. The lowest BCUT2D eigenvalue weighted by Gasteiger charge is -2.40. The van der Waals surface area contributed by atoms with E-state index in [2.05, 4.69) is 26.0 Å². The molecular weight excluding hydrogens is 418 g/mol. The zero-order valence-electron chi connectivity index (χ0n) is 17.6. The summed E-state index contributed by atoms with van der Waals surface area (Å²) in [6.45, 7) is 6.01. The monoisotopic (exact) mass is 441 g/mol. The average Bonchev–Trinajstić information content (AvgIpc) is 3.07. The zero-order valence-corrected chi connectivity index (χ0v) is 18.4. The Kier molecular flexibility index (Phi) is 5.71. The molecule has 0 unspecified atom stereocenters. The number of aliphatic hydroxyl groups excluding tert-OH is 1. The summed E-state index contributed by atoms with van der Waals surface area (Å²) >= 11 is 6.56. The number of ether oxygens (including phenoxy) is 1. The van der Waals surface area contributed by atoms with Crippen LogP contribution < -0.4 is 10.5 Å². The third-order valence-electron chi connectivity index (χ3n) is 5.90. The summed E-state index contributed by atoms with van der Waals surface area (Å²) in [5.41, 5.74) is 9.44. The molecule has 9 nitrogen and oxygen atoms in total. The molecule has 0 amide bonds. The SMILES string of the molecule is COc1c([C@H](C)n2nc(C)c3c(N)ncnc32)cc(Cl)c(C#N)c1C1CN(CCO)C1. The molecule has 162 valence electrons. The number of nitriles is 1. The van der Waals surface area contributed by atoms with Crippen molar-refractivity contribution >= 4 is 28.5 Å². The van der Waals surface area contributed by atoms with E-state index in [1.54, 1.807) is 17.9 Å². The minimum atomic E-state index is -0.280. The number of aliphatic hydroxyl groups is 1. The maximum absolute atomic E-state index is 9.79. The number of nitrogen functional groups attached to an aromatic ring is 1. The lowest BCUT2D eigenvalue weighted by atomic mass is 9.85. The number of methoxy groups -OCH3 is 1. The maximum atomic E-state index is 9.79. The molecule has 0 radical (unpaired) electrons. The number of nitrogens with two attached hydrogens (primary N) is 1. The van der Waals surface area contributed by atoms with Crippen LogP contribution in [-0.4, -0.2) is 63.1 Å². The van der Waals surface area contributed by atoms with Crippen LogP contribution in [0.2, 0.25) is 5.02 Å². The molecule has 0 spiro atoms. The van der Waals surface area contributed by atoms with E-state index in [1.807, 2.05) is 13.8 Å². The van der Waals surface area contributed by atoms with Crippen LogP contribution in [0.5, 0.6) is 5.75 Å². The Morgan fingerprint density at radius 3 is 2.81 bits per heavy atom. The van der Waals surface area contributed by atoms with Gasteiger partial charge in [0, 0.05) is 36.7 Å². The first kappa shape index (κ1) is 21.3. The molecule has 3 N–H and O–H groups in total. The van der Waals surface area contributed by atoms with Crippen LogP contribution >= 0.6 is 11.6 Å². The van der Waals surface area contributed by atoms with Crippen molar-refractivity contribution < 1.29 is 9.84 Å². The predicted molar refractivity (Wildman–Crippen MR) is 117 cm³/mol. The second kappa shape index (κ2) is 8.30.